The Morgan fingerprint density at radius 1 is 0.800 bits per heavy atom. The van der Waals surface area contributed by atoms with Gasteiger partial charge in [0.05, 0.1) is 5.39 Å². The molecule has 3 nitrogen and oxygen atoms in total. The van der Waals surface area contributed by atoms with Crippen molar-refractivity contribution in [3.05, 3.63) is 101 Å². The average molecular weight is 328 g/mol. The predicted molar refractivity (Wildman–Crippen MR) is 98.7 cm³/mol. The third-order valence-electron chi connectivity index (χ3n) is 4.06. The van der Waals surface area contributed by atoms with Crippen molar-refractivity contribution in [1.82, 2.24) is 0 Å². The van der Waals surface area contributed by atoms with E-state index in [1.165, 1.54) is 0 Å². The van der Waals surface area contributed by atoms with E-state index in [0.717, 1.165) is 22.3 Å². The molecule has 1 heterocycles. The summed E-state index contributed by atoms with van der Waals surface area (Å²) in [5, 5.41) is 1.47. The van der Waals surface area contributed by atoms with Gasteiger partial charge in [-0.25, -0.2) is 4.79 Å². The van der Waals surface area contributed by atoms with Crippen LogP contribution < -0.4 is 10.4 Å². The molecule has 0 saturated carbocycles. The van der Waals surface area contributed by atoms with Gasteiger partial charge in [-0.2, -0.15) is 0 Å². The highest BCUT2D eigenvalue weighted by Gasteiger charge is 2.06. The van der Waals surface area contributed by atoms with Crippen LogP contribution >= 0.6 is 0 Å². The Morgan fingerprint density at radius 3 is 2.32 bits per heavy atom. The van der Waals surface area contributed by atoms with Crippen LogP contribution in [0.4, 0.5) is 0 Å². The standard InChI is InChI=1S/C22H16O3/c23-22-20-9-5-4-8-18(20)14-21(25-22)17-10-12-19(13-11-17)24-15-16-6-2-1-3-7-16/h1-14H,15H2. The van der Waals surface area contributed by atoms with Crippen molar-refractivity contribution in [2.24, 2.45) is 0 Å². The third kappa shape index (κ3) is 3.31. The second-order valence-electron chi connectivity index (χ2n) is 5.78. The lowest BCUT2D eigenvalue weighted by molar-refractivity contribution is 0.306. The van der Waals surface area contributed by atoms with Gasteiger partial charge in [-0.1, -0.05) is 48.5 Å². The van der Waals surface area contributed by atoms with Crippen molar-refractivity contribution >= 4 is 10.8 Å². The smallest absolute Gasteiger partial charge is 0.344 e. The molecule has 0 unspecified atom stereocenters. The molecule has 4 aromatic rings. The van der Waals surface area contributed by atoms with Gasteiger partial charge in [-0.05, 0) is 47.3 Å². The zero-order chi connectivity index (χ0) is 17.1. The number of fused-ring (bicyclic) bond motifs is 1. The highest BCUT2D eigenvalue weighted by Crippen LogP contribution is 2.24. The summed E-state index contributed by atoms with van der Waals surface area (Å²) in [6, 6.07) is 26.9. The molecule has 0 spiro atoms. The maximum atomic E-state index is 12.1. The van der Waals surface area contributed by atoms with Crippen LogP contribution in [0.2, 0.25) is 0 Å². The molecule has 0 radical (unpaired) electrons. The van der Waals surface area contributed by atoms with Crippen LogP contribution in [-0.2, 0) is 6.61 Å². The minimum Gasteiger partial charge on any atom is -0.489 e. The third-order valence-corrected chi connectivity index (χ3v) is 4.06. The molecule has 25 heavy (non-hydrogen) atoms. The predicted octanol–water partition coefficient (Wildman–Crippen LogP) is 5.04. The van der Waals surface area contributed by atoms with E-state index in [9.17, 15) is 4.79 Å². The van der Waals surface area contributed by atoms with Gasteiger partial charge >= 0.3 is 5.63 Å². The zero-order valence-electron chi connectivity index (χ0n) is 13.5. The first-order valence-electron chi connectivity index (χ1n) is 8.10. The van der Waals surface area contributed by atoms with Crippen LogP contribution in [0.5, 0.6) is 5.75 Å². The first-order valence-corrected chi connectivity index (χ1v) is 8.10. The molecule has 0 bridgehead atoms. The lowest BCUT2D eigenvalue weighted by atomic mass is 10.1. The van der Waals surface area contributed by atoms with Crippen LogP contribution in [0.25, 0.3) is 22.1 Å². The van der Waals surface area contributed by atoms with Gasteiger partial charge in [-0.15, -0.1) is 0 Å². The molecule has 0 fully saturated rings. The Balaban J connectivity index is 1.57. The maximum Gasteiger partial charge on any atom is 0.344 e. The van der Waals surface area contributed by atoms with E-state index in [2.05, 4.69) is 0 Å². The van der Waals surface area contributed by atoms with Crippen LogP contribution in [0.3, 0.4) is 0 Å². The van der Waals surface area contributed by atoms with Gasteiger partial charge in [0, 0.05) is 5.56 Å². The summed E-state index contributed by atoms with van der Waals surface area (Å²) >= 11 is 0. The first kappa shape index (κ1) is 15.2. The fourth-order valence-electron chi connectivity index (χ4n) is 2.73. The summed E-state index contributed by atoms with van der Waals surface area (Å²) in [6.07, 6.45) is 0. The highest BCUT2D eigenvalue weighted by atomic mass is 16.5. The second-order valence-corrected chi connectivity index (χ2v) is 5.78. The maximum absolute atomic E-state index is 12.1. The molecule has 0 amide bonds. The van der Waals surface area contributed by atoms with Crippen LogP contribution in [0.1, 0.15) is 5.56 Å². The minimum atomic E-state index is -0.322. The van der Waals surface area contributed by atoms with E-state index in [1.807, 2.05) is 78.9 Å². The number of hydrogen-bond acceptors (Lipinski definition) is 3. The van der Waals surface area contributed by atoms with Crippen molar-refractivity contribution in [2.45, 2.75) is 6.61 Å². The minimum absolute atomic E-state index is 0.322. The van der Waals surface area contributed by atoms with Gasteiger partial charge in [-0.3, -0.25) is 0 Å². The summed E-state index contributed by atoms with van der Waals surface area (Å²) in [7, 11) is 0. The Bertz CT molecular complexity index is 1050. The van der Waals surface area contributed by atoms with Crippen molar-refractivity contribution in [3.8, 4) is 17.1 Å². The molecule has 0 aliphatic rings. The van der Waals surface area contributed by atoms with Gasteiger partial charge in [0.2, 0.25) is 0 Å². The van der Waals surface area contributed by atoms with Crippen molar-refractivity contribution < 1.29 is 9.15 Å². The molecular weight excluding hydrogens is 312 g/mol. The number of ether oxygens (including phenoxy) is 1. The van der Waals surface area contributed by atoms with Gasteiger partial charge < -0.3 is 9.15 Å². The van der Waals surface area contributed by atoms with Gasteiger partial charge in [0.25, 0.3) is 0 Å². The molecule has 0 saturated heterocycles. The lowest BCUT2D eigenvalue weighted by Gasteiger charge is -2.07. The van der Waals surface area contributed by atoms with E-state index in [-0.39, 0.29) is 5.63 Å². The SMILES string of the molecule is O=c1oc(-c2ccc(OCc3ccccc3)cc2)cc2ccccc12. The largest absolute Gasteiger partial charge is 0.489 e. The topological polar surface area (TPSA) is 39.4 Å². The zero-order valence-corrected chi connectivity index (χ0v) is 13.5. The molecule has 3 heteroatoms. The lowest BCUT2D eigenvalue weighted by Crippen LogP contribution is -2.00. The molecule has 122 valence electrons. The van der Waals surface area contributed by atoms with Gasteiger partial charge in [0.1, 0.15) is 18.1 Å². The van der Waals surface area contributed by atoms with Crippen molar-refractivity contribution in [1.29, 1.82) is 0 Å². The van der Waals surface area contributed by atoms with E-state index in [0.29, 0.717) is 17.8 Å². The molecule has 0 N–H and O–H groups in total. The molecule has 4 rings (SSSR count). The normalized spacial score (nSPS) is 10.7. The van der Waals surface area contributed by atoms with E-state index in [1.54, 1.807) is 6.07 Å². The summed E-state index contributed by atoms with van der Waals surface area (Å²) in [5.74, 6) is 1.33. The fraction of sp³-hybridized carbons (Fsp3) is 0.0455. The number of rotatable bonds is 4. The molecule has 0 atom stereocenters. The Morgan fingerprint density at radius 2 is 1.52 bits per heavy atom. The number of benzene rings is 3. The second kappa shape index (κ2) is 6.65. The Hall–Kier alpha value is -3.33. The van der Waals surface area contributed by atoms with Crippen LogP contribution in [0, 0.1) is 0 Å². The average Bonchev–Trinajstić information content (AvgIpc) is 2.68. The highest BCUT2D eigenvalue weighted by molar-refractivity contribution is 5.84. The monoisotopic (exact) mass is 328 g/mol. The summed E-state index contributed by atoms with van der Waals surface area (Å²) < 4.78 is 11.2. The first-order chi connectivity index (χ1) is 12.3. The van der Waals surface area contributed by atoms with E-state index < -0.39 is 0 Å². The molecule has 0 aliphatic carbocycles. The molecule has 3 aromatic carbocycles. The van der Waals surface area contributed by atoms with Crippen molar-refractivity contribution in [2.75, 3.05) is 0 Å². The van der Waals surface area contributed by atoms with Crippen LogP contribution in [-0.4, -0.2) is 0 Å². The Labute approximate surface area is 145 Å². The van der Waals surface area contributed by atoms with Crippen LogP contribution in [0.15, 0.2) is 94.1 Å². The Kier molecular flexibility index (Phi) is 4.05. The fourth-order valence-corrected chi connectivity index (χ4v) is 2.73. The molecule has 1 aromatic heterocycles. The molecule has 0 aliphatic heterocycles. The van der Waals surface area contributed by atoms with E-state index >= 15 is 0 Å². The van der Waals surface area contributed by atoms with Gasteiger partial charge in [0.15, 0.2) is 0 Å². The number of hydrogen-bond donors (Lipinski definition) is 0. The summed E-state index contributed by atoms with van der Waals surface area (Å²) in [6.45, 7) is 0.519. The van der Waals surface area contributed by atoms with Crippen molar-refractivity contribution in [3.63, 3.8) is 0 Å². The summed E-state index contributed by atoms with van der Waals surface area (Å²) in [4.78, 5) is 12.1. The summed E-state index contributed by atoms with van der Waals surface area (Å²) in [5.41, 5.74) is 1.64. The quantitative estimate of drug-likeness (QED) is 0.527. The molecular formula is C22H16O3. The van der Waals surface area contributed by atoms with E-state index in [4.69, 9.17) is 9.15 Å².